The summed E-state index contributed by atoms with van der Waals surface area (Å²) in [6, 6.07) is 12.7. The Morgan fingerprint density at radius 1 is 1.17 bits per heavy atom. The van der Waals surface area contributed by atoms with Crippen LogP contribution in [0.1, 0.15) is 22.8 Å². The Morgan fingerprint density at radius 2 is 1.93 bits per heavy atom. The zero-order valence-corrected chi connectivity index (χ0v) is 17.9. The largest absolute Gasteiger partial charge is 0.454 e. The van der Waals surface area contributed by atoms with Crippen LogP contribution in [0, 0.1) is 0 Å². The molecule has 8 heteroatoms. The minimum Gasteiger partial charge on any atom is -0.454 e. The predicted octanol–water partition coefficient (Wildman–Crippen LogP) is 4.47. The van der Waals surface area contributed by atoms with Crippen LogP contribution in [0.3, 0.4) is 0 Å². The summed E-state index contributed by atoms with van der Waals surface area (Å²) in [5.74, 6) is 1.45. The summed E-state index contributed by atoms with van der Waals surface area (Å²) < 4.78 is 11.7. The van der Waals surface area contributed by atoms with E-state index in [4.69, 9.17) is 9.47 Å². The third kappa shape index (κ3) is 4.23. The lowest BCUT2D eigenvalue weighted by molar-refractivity contribution is 0.102. The van der Waals surface area contributed by atoms with E-state index >= 15 is 0 Å². The Kier molecular flexibility index (Phi) is 5.73. The van der Waals surface area contributed by atoms with Crippen molar-refractivity contribution >= 4 is 33.5 Å². The highest BCUT2D eigenvalue weighted by molar-refractivity contribution is 9.10. The van der Waals surface area contributed by atoms with E-state index in [1.165, 1.54) is 11.8 Å². The molecule has 6 nitrogen and oxygen atoms in total. The van der Waals surface area contributed by atoms with Crippen LogP contribution in [0.5, 0.6) is 11.5 Å². The molecule has 1 aliphatic rings. The van der Waals surface area contributed by atoms with Crippen LogP contribution in [-0.2, 0) is 6.42 Å². The molecule has 1 aliphatic heterocycles. The number of H-pyrrole nitrogens is 1. The predicted molar refractivity (Wildman–Crippen MR) is 115 cm³/mol. The number of benzene rings is 2. The van der Waals surface area contributed by atoms with Crippen molar-refractivity contribution < 1.29 is 14.3 Å². The molecule has 2 heterocycles. The van der Waals surface area contributed by atoms with Gasteiger partial charge in [-0.3, -0.25) is 9.59 Å². The van der Waals surface area contributed by atoms with Gasteiger partial charge in [-0.25, -0.2) is 4.98 Å². The highest BCUT2D eigenvalue weighted by Gasteiger charge is 2.18. The summed E-state index contributed by atoms with van der Waals surface area (Å²) in [5.41, 5.74) is 2.37. The first-order valence-electron chi connectivity index (χ1n) is 9.00. The van der Waals surface area contributed by atoms with Crippen LogP contribution in [-0.4, -0.2) is 28.3 Å². The number of carbonyl (C=O) groups excluding carboxylic acids is 1. The molecule has 0 spiro atoms. The molecule has 0 radical (unpaired) electrons. The van der Waals surface area contributed by atoms with Gasteiger partial charge in [0, 0.05) is 21.2 Å². The van der Waals surface area contributed by atoms with Crippen molar-refractivity contribution in [2.24, 2.45) is 0 Å². The van der Waals surface area contributed by atoms with E-state index in [2.05, 4.69) is 25.9 Å². The lowest BCUT2D eigenvalue weighted by atomic mass is 10.0. The lowest BCUT2D eigenvalue weighted by Crippen LogP contribution is -2.17. The molecule has 0 fully saturated rings. The summed E-state index contributed by atoms with van der Waals surface area (Å²) in [4.78, 5) is 32.4. The number of hydrogen-bond donors (Lipinski definition) is 1. The van der Waals surface area contributed by atoms with E-state index in [-0.39, 0.29) is 23.9 Å². The van der Waals surface area contributed by atoms with Crippen molar-refractivity contribution in [3.8, 4) is 22.8 Å². The smallest absolute Gasteiger partial charge is 0.255 e. The average Bonchev–Trinajstić information content (AvgIpc) is 3.20. The minimum absolute atomic E-state index is 0.0330. The van der Waals surface area contributed by atoms with Gasteiger partial charge in [-0.05, 0) is 36.8 Å². The number of nitrogens with one attached hydrogen (secondary N) is 1. The SMILES string of the molecule is CCc1c(-c2ccc3c(c2)OCO3)nc(SCC(=O)c2ccc(Br)cc2)[nH]c1=O. The fourth-order valence-corrected chi connectivity index (χ4v) is 4.03. The fourth-order valence-electron chi connectivity index (χ4n) is 3.01. The van der Waals surface area contributed by atoms with E-state index in [1.54, 1.807) is 12.1 Å². The Hall–Kier alpha value is -2.58. The van der Waals surface area contributed by atoms with Crippen LogP contribution in [0.2, 0.25) is 0 Å². The second-order valence-corrected chi connectivity index (χ2v) is 8.22. The van der Waals surface area contributed by atoms with Gasteiger partial charge in [0.25, 0.3) is 5.56 Å². The monoisotopic (exact) mass is 472 g/mol. The average molecular weight is 473 g/mol. The van der Waals surface area contributed by atoms with E-state index < -0.39 is 0 Å². The molecular weight excluding hydrogens is 456 g/mol. The molecule has 2 aromatic carbocycles. The molecule has 3 aromatic rings. The molecule has 0 aliphatic carbocycles. The number of carbonyl (C=O) groups is 1. The number of thioether (sulfide) groups is 1. The second kappa shape index (κ2) is 8.42. The molecule has 148 valence electrons. The Labute approximate surface area is 179 Å². The minimum atomic E-state index is -0.200. The van der Waals surface area contributed by atoms with Gasteiger partial charge < -0.3 is 14.5 Å². The van der Waals surface area contributed by atoms with Crippen molar-refractivity contribution in [3.63, 3.8) is 0 Å². The number of aromatic nitrogens is 2. The maximum atomic E-state index is 12.6. The van der Waals surface area contributed by atoms with Crippen LogP contribution in [0.4, 0.5) is 0 Å². The van der Waals surface area contributed by atoms with Crippen molar-refractivity contribution in [2.75, 3.05) is 12.5 Å². The first kappa shape index (κ1) is 19.7. The van der Waals surface area contributed by atoms with Gasteiger partial charge in [0.1, 0.15) is 0 Å². The maximum absolute atomic E-state index is 12.6. The number of Topliss-reactive ketones (excluding diaryl/α,β-unsaturated/α-hetero) is 1. The van der Waals surface area contributed by atoms with Crippen LogP contribution < -0.4 is 15.0 Å². The molecule has 1 aromatic heterocycles. The summed E-state index contributed by atoms with van der Waals surface area (Å²) in [7, 11) is 0. The third-order valence-corrected chi connectivity index (χ3v) is 5.90. The summed E-state index contributed by atoms with van der Waals surface area (Å²) in [6.07, 6.45) is 0.537. The standard InChI is InChI=1S/C21H17BrN2O4S/c1-2-15-19(13-5-8-17-18(9-13)28-11-27-17)23-21(24-20(15)26)29-10-16(25)12-3-6-14(22)7-4-12/h3-9H,2,10-11H2,1H3,(H,23,24,26). The first-order chi connectivity index (χ1) is 14.0. The zero-order valence-electron chi connectivity index (χ0n) is 15.5. The molecule has 0 unspecified atom stereocenters. The zero-order chi connectivity index (χ0) is 20.4. The number of halogens is 1. The Bertz CT molecular complexity index is 1130. The quantitative estimate of drug-likeness (QED) is 0.323. The van der Waals surface area contributed by atoms with Gasteiger partial charge >= 0.3 is 0 Å². The van der Waals surface area contributed by atoms with Gasteiger partial charge in [-0.15, -0.1) is 0 Å². The van der Waals surface area contributed by atoms with E-state index in [0.29, 0.717) is 39.9 Å². The van der Waals surface area contributed by atoms with Crippen LogP contribution >= 0.6 is 27.7 Å². The van der Waals surface area contributed by atoms with Crippen molar-refractivity contribution in [1.29, 1.82) is 0 Å². The Balaban J connectivity index is 1.61. The second-order valence-electron chi connectivity index (χ2n) is 6.34. The number of rotatable bonds is 6. The van der Waals surface area contributed by atoms with E-state index in [1.807, 2.05) is 37.3 Å². The van der Waals surface area contributed by atoms with Gasteiger partial charge in [0.15, 0.2) is 22.4 Å². The normalized spacial score (nSPS) is 12.2. The van der Waals surface area contributed by atoms with Gasteiger partial charge in [-0.2, -0.15) is 0 Å². The van der Waals surface area contributed by atoms with Gasteiger partial charge in [0.2, 0.25) is 6.79 Å². The number of ketones is 1. The topological polar surface area (TPSA) is 81.3 Å². The fraction of sp³-hybridized carbons (Fsp3) is 0.190. The molecule has 0 atom stereocenters. The molecule has 0 bridgehead atoms. The Morgan fingerprint density at radius 3 is 2.69 bits per heavy atom. The number of ether oxygens (including phenoxy) is 2. The molecule has 29 heavy (non-hydrogen) atoms. The maximum Gasteiger partial charge on any atom is 0.255 e. The lowest BCUT2D eigenvalue weighted by Gasteiger charge is -2.10. The molecule has 0 saturated carbocycles. The molecule has 0 saturated heterocycles. The van der Waals surface area contributed by atoms with Crippen LogP contribution in [0.25, 0.3) is 11.3 Å². The van der Waals surface area contributed by atoms with Gasteiger partial charge in [0.05, 0.1) is 11.4 Å². The highest BCUT2D eigenvalue weighted by atomic mass is 79.9. The summed E-state index contributed by atoms with van der Waals surface area (Å²) in [6.45, 7) is 2.09. The number of nitrogens with zero attached hydrogens (tertiary/aromatic N) is 1. The number of aromatic amines is 1. The molecule has 0 amide bonds. The molecule has 1 N–H and O–H groups in total. The van der Waals surface area contributed by atoms with Crippen molar-refractivity contribution in [1.82, 2.24) is 9.97 Å². The number of hydrogen-bond acceptors (Lipinski definition) is 6. The highest BCUT2D eigenvalue weighted by Crippen LogP contribution is 2.36. The molecular formula is C21H17BrN2O4S. The van der Waals surface area contributed by atoms with E-state index in [0.717, 1.165) is 10.0 Å². The first-order valence-corrected chi connectivity index (χ1v) is 10.8. The summed E-state index contributed by atoms with van der Waals surface area (Å²) >= 11 is 4.57. The van der Waals surface area contributed by atoms with Crippen LogP contribution in [0.15, 0.2) is 56.9 Å². The van der Waals surface area contributed by atoms with Gasteiger partial charge in [-0.1, -0.05) is 46.7 Å². The third-order valence-electron chi connectivity index (χ3n) is 4.50. The summed E-state index contributed by atoms with van der Waals surface area (Å²) in [5, 5.41) is 0.408. The van der Waals surface area contributed by atoms with Crippen molar-refractivity contribution in [2.45, 2.75) is 18.5 Å². The number of fused-ring (bicyclic) bond motifs is 1. The molecule has 4 rings (SSSR count). The van der Waals surface area contributed by atoms with Crippen molar-refractivity contribution in [3.05, 3.63) is 68.4 Å². The van der Waals surface area contributed by atoms with E-state index in [9.17, 15) is 9.59 Å².